The molecule has 0 bridgehead atoms. The number of urea groups is 1. The Kier molecular flexibility index (Phi) is 4.96. The third-order valence-electron chi connectivity index (χ3n) is 5.97. The van der Waals surface area contributed by atoms with E-state index < -0.39 is 6.04 Å². The minimum absolute atomic E-state index is 0.112. The lowest BCUT2D eigenvalue weighted by atomic mass is 10.0. The third kappa shape index (κ3) is 3.48. The number of carbonyl (C=O) groups excluding carboxylic acids is 2. The lowest BCUT2D eigenvalue weighted by Gasteiger charge is -2.32. The first-order valence-electron chi connectivity index (χ1n) is 10.3. The summed E-state index contributed by atoms with van der Waals surface area (Å²) in [5, 5.41) is 13.5. The predicted octanol–water partition coefficient (Wildman–Crippen LogP) is 3.76. The van der Waals surface area contributed by atoms with E-state index in [4.69, 9.17) is 0 Å². The Morgan fingerprint density at radius 1 is 1.19 bits per heavy atom. The molecular weight excluding hydrogens is 412 g/mol. The molecule has 9 heteroatoms. The zero-order valence-corrected chi connectivity index (χ0v) is 18.5. The number of hydrogen-bond acceptors (Lipinski definition) is 7. The van der Waals surface area contributed by atoms with Gasteiger partial charge in [0.1, 0.15) is 11.7 Å². The summed E-state index contributed by atoms with van der Waals surface area (Å²) < 4.78 is 0. The molecule has 8 nitrogen and oxygen atoms in total. The number of aryl methyl sites for hydroxylation is 2. The molecule has 1 aromatic heterocycles. The van der Waals surface area contributed by atoms with Crippen LogP contribution in [0.2, 0.25) is 0 Å². The van der Waals surface area contributed by atoms with Crippen LogP contribution in [0.4, 0.5) is 10.5 Å². The summed E-state index contributed by atoms with van der Waals surface area (Å²) >= 11 is 1.68. The lowest BCUT2D eigenvalue weighted by Crippen LogP contribution is -2.53. The maximum Gasteiger partial charge on any atom is 0.333 e. The average molecular weight is 437 g/mol. The summed E-state index contributed by atoms with van der Waals surface area (Å²) in [6, 6.07) is 6.81. The molecule has 1 aliphatic carbocycles. The van der Waals surface area contributed by atoms with Crippen LogP contribution >= 0.6 is 11.3 Å². The number of ketones is 1. The van der Waals surface area contributed by atoms with E-state index in [1.807, 2.05) is 31.0 Å². The van der Waals surface area contributed by atoms with Gasteiger partial charge in [0.25, 0.3) is 0 Å². The fourth-order valence-corrected chi connectivity index (χ4v) is 5.30. The molecule has 1 atom stereocenters. The smallest absolute Gasteiger partial charge is 0.306 e. The number of amides is 2. The second kappa shape index (κ2) is 7.67. The molecule has 1 aromatic carbocycles. The highest BCUT2D eigenvalue weighted by Crippen LogP contribution is 2.49. The van der Waals surface area contributed by atoms with Crippen LogP contribution in [0.15, 0.2) is 40.1 Å². The Bertz CT molecular complexity index is 1140. The molecule has 0 radical (unpaired) electrons. The number of hydrogen-bond donors (Lipinski definition) is 2. The highest BCUT2D eigenvalue weighted by Gasteiger charge is 2.42. The van der Waals surface area contributed by atoms with E-state index in [9.17, 15) is 9.59 Å². The SMILES string of the molecule is Cc1cc(C2=C3C(=O)c4c(NC(=O)NN5CCN(C)CC5)cccc4C3N=N2)c(C)s1. The number of thiophene rings is 1. The standard InChI is InChI=1S/C22H24N6O2S/c1-12-11-15(13(2)31-12)20-18-19(24-25-20)14-5-4-6-16(17(14)21(18)29)23-22(30)26-28-9-7-27(3)8-10-28/h4-6,11,19H,7-10H2,1-3H3,(H2,23,26,30). The van der Waals surface area contributed by atoms with E-state index in [-0.39, 0.29) is 11.8 Å². The van der Waals surface area contributed by atoms with Crippen molar-refractivity contribution in [2.24, 2.45) is 10.2 Å². The van der Waals surface area contributed by atoms with Gasteiger partial charge in [0.15, 0.2) is 5.78 Å². The quantitative estimate of drug-likeness (QED) is 0.767. The Hall–Kier alpha value is -2.88. The van der Waals surface area contributed by atoms with Crippen molar-refractivity contribution in [1.82, 2.24) is 15.3 Å². The number of hydrazine groups is 1. The number of carbonyl (C=O) groups is 2. The van der Waals surface area contributed by atoms with Crippen LogP contribution in [-0.2, 0) is 0 Å². The number of nitrogens with zero attached hydrogens (tertiary/aromatic N) is 4. The van der Waals surface area contributed by atoms with Crippen LogP contribution in [0.1, 0.15) is 37.3 Å². The number of fused-ring (bicyclic) bond motifs is 3. The van der Waals surface area contributed by atoms with Gasteiger partial charge in [-0.25, -0.2) is 9.80 Å². The molecule has 2 aliphatic heterocycles. The van der Waals surface area contributed by atoms with E-state index in [1.54, 1.807) is 17.4 Å². The van der Waals surface area contributed by atoms with Crippen molar-refractivity contribution in [2.75, 3.05) is 38.5 Å². The Labute approximate surface area is 184 Å². The van der Waals surface area contributed by atoms with Crippen molar-refractivity contribution in [3.8, 4) is 0 Å². The van der Waals surface area contributed by atoms with Gasteiger partial charge in [-0.3, -0.25) is 10.2 Å². The average Bonchev–Trinajstić information content (AvgIpc) is 3.38. The first kappa shape index (κ1) is 20.0. The summed E-state index contributed by atoms with van der Waals surface area (Å²) in [5.41, 5.74) is 6.91. The molecule has 3 heterocycles. The first-order valence-corrected chi connectivity index (χ1v) is 11.1. The zero-order chi connectivity index (χ0) is 21.7. The summed E-state index contributed by atoms with van der Waals surface area (Å²) in [4.78, 5) is 30.6. The predicted molar refractivity (Wildman–Crippen MR) is 120 cm³/mol. The van der Waals surface area contributed by atoms with Gasteiger partial charge in [0, 0.05) is 41.5 Å². The minimum Gasteiger partial charge on any atom is -0.306 e. The normalized spacial score (nSPS) is 20.9. The second-order valence-electron chi connectivity index (χ2n) is 8.16. The van der Waals surface area contributed by atoms with Gasteiger partial charge < -0.3 is 10.2 Å². The molecular formula is C22H24N6O2S. The largest absolute Gasteiger partial charge is 0.333 e. The van der Waals surface area contributed by atoms with E-state index in [0.717, 1.165) is 42.2 Å². The second-order valence-corrected chi connectivity index (χ2v) is 9.62. The number of rotatable bonds is 3. The highest BCUT2D eigenvalue weighted by atomic mass is 32.1. The zero-order valence-electron chi connectivity index (χ0n) is 17.7. The molecule has 2 aromatic rings. The lowest BCUT2D eigenvalue weighted by molar-refractivity contribution is 0.103. The van der Waals surface area contributed by atoms with Gasteiger partial charge in [-0.15, -0.1) is 11.3 Å². The van der Waals surface area contributed by atoms with Crippen molar-refractivity contribution in [1.29, 1.82) is 0 Å². The fourth-order valence-electron chi connectivity index (χ4n) is 4.37. The van der Waals surface area contributed by atoms with Crippen molar-refractivity contribution < 1.29 is 9.59 Å². The summed E-state index contributed by atoms with van der Waals surface area (Å²) in [6.45, 7) is 7.38. The van der Waals surface area contributed by atoms with Gasteiger partial charge in [-0.2, -0.15) is 10.2 Å². The van der Waals surface area contributed by atoms with Crippen LogP contribution in [0, 0.1) is 13.8 Å². The Morgan fingerprint density at radius 3 is 2.68 bits per heavy atom. The van der Waals surface area contributed by atoms with Crippen molar-refractivity contribution in [3.05, 3.63) is 56.3 Å². The van der Waals surface area contributed by atoms with Gasteiger partial charge >= 0.3 is 6.03 Å². The first-order chi connectivity index (χ1) is 14.9. The van der Waals surface area contributed by atoms with E-state index in [0.29, 0.717) is 22.5 Å². The fraction of sp³-hybridized carbons (Fsp3) is 0.364. The molecule has 31 heavy (non-hydrogen) atoms. The summed E-state index contributed by atoms with van der Waals surface area (Å²) in [7, 11) is 2.06. The monoisotopic (exact) mass is 436 g/mol. The molecule has 1 saturated heterocycles. The summed E-state index contributed by atoms with van der Waals surface area (Å²) in [5.74, 6) is -0.112. The van der Waals surface area contributed by atoms with Gasteiger partial charge in [-0.05, 0) is 38.6 Å². The minimum atomic E-state index is -0.403. The van der Waals surface area contributed by atoms with Crippen LogP contribution in [0.3, 0.4) is 0 Å². The number of Topliss-reactive ketones (excluding diaryl/α,β-unsaturated/α-hetero) is 1. The Balaban J connectivity index is 1.42. The number of likely N-dealkylation sites (N-methyl/N-ethyl adjacent to an activating group) is 1. The third-order valence-corrected chi connectivity index (χ3v) is 6.94. The van der Waals surface area contributed by atoms with E-state index >= 15 is 0 Å². The molecule has 1 fully saturated rings. The Morgan fingerprint density at radius 2 is 1.97 bits per heavy atom. The maximum absolute atomic E-state index is 13.4. The number of piperazine rings is 1. The van der Waals surface area contributed by atoms with Crippen molar-refractivity contribution in [3.63, 3.8) is 0 Å². The number of nitrogens with one attached hydrogen (secondary N) is 2. The molecule has 2 amide bonds. The molecule has 2 N–H and O–H groups in total. The number of benzene rings is 1. The van der Waals surface area contributed by atoms with Crippen molar-refractivity contribution in [2.45, 2.75) is 19.9 Å². The van der Waals surface area contributed by atoms with E-state index in [2.05, 4.69) is 39.0 Å². The van der Waals surface area contributed by atoms with Gasteiger partial charge in [-0.1, -0.05) is 12.1 Å². The van der Waals surface area contributed by atoms with Crippen LogP contribution in [0.25, 0.3) is 5.70 Å². The molecule has 5 rings (SSSR count). The molecule has 3 aliphatic rings. The topological polar surface area (TPSA) is 89.4 Å². The number of azo groups is 1. The highest BCUT2D eigenvalue weighted by molar-refractivity contribution is 7.12. The van der Waals surface area contributed by atoms with Crippen molar-refractivity contribution >= 4 is 34.5 Å². The maximum atomic E-state index is 13.4. The molecule has 0 saturated carbocycles. The summed E-state index contributed by atoms with van der Waals surface area (Å²) in [6.07, 6.45) is 0. The van der Waals surface area contributed by atoms with Crippen LogP contribution in [0.5, 0.6) is 0 Å². The van der Waals surface area contributed by atoms with Gasteiger partial charge in [0.05, 0.1) is 16.8 Å². The molecule has 1 unspecified atom stereocenters. The number of anilines is 1. The molecule has 160 valence electrons. The van der Waals surface area contributed by atoms with Crippen LogP contribution in [-0.4, -0.2) is 54.9 Å². The molecule has 0 spiro atoms. The van der Waals surface area contributed by atoms with E-state index in [1.165, 1.54) is 4.88 Å². The van der Waals surface area contributed by atoms with Gasteiger partial charge in [0.2, 0.25) is 0 Å². The van der Waals surface area contributed by atoms with Crippen LogP contribution < -0.4 is 10.7 Å².